The fourth-order valence-corrected chi connectivity index (χ4v) is 1.63. The van der Waals surface area contributed by atoms with Crippen molar-refractivity contribution in [3.8, 4) is 11.5 Å². The Kier molecular flexibility index (Phi) is 7.38. The van der Waals surface area contributed by atoms with Gasteiger partial charge in [0.05, 0.1) is 19.4 Å². The standard InChI is InChI=1S/C15H22N4O4/c1-4-21-13-8-11(9-18-19-15(16)17)6-7-12(13)23-10(3)14(20)22-5-2/h6-10H,4-5H2,1-3H3,(H4,16,17,19). The quantitative estimate of drug-likeness (QED) is 0.319. The number of carbonyl (C=O) groups is 1. The summed E-state index contributed by atoms with van der Waals surface area (Å²) in [6, 6.07) is 5.13. The van der Waals surface area contributed by atoms with Crippen LogP contribution in [-0.2, 0) is 9.53 Å². The molecule has 126 valence electrons. The molecule has 4 N–H and O–H groups in total. The highest BCUT2D eigenvalue weighted by molar-refractivity contribution is 5.82. The summed E-state index contributed by atoms with van der Waals surface area (Å²) in [5.74, 6) is 0.353. The molecule has 0 aliphatic carbocycles. The summed E-state index contributed by atoms with van der Waals surface area (Å²) in [6.45, 7) is 5.94. The van der Waals surface area contributed by atoms with Gasteiger partial charge in [0.25, 0.3) is 0 Å². The fraction of sp³-hybridized carbons (Fsp3) is 0.400. The Morgan fingerprint density at radius 2 is 2.00 bits per heavy atom. The van der Waals surface area contributed by atoms with Crippen LogP contribution in [0.15, 0.2) is 28.4 Å². The Hall–Kier alpha value is -2.77. The summed E-state index contributed by atoms with van der Waals surface area (Å²) >= 11 is 0. The minimum atomic E-state index is -0.740. The zero-order chi connectivity index (χ0) is 17.2. The van der Waals surface area contributed by atoms with Gasteiger partial charge in [-0.1, -0.05) is 0 Å². The van der Waals surface area contributed by atoms with Crippen molar-refractivity contribution in [2.45, 2.75) is 26.9 Å². The Balaban J connectivity index is 2.93. The third kappa shape index (κ3) is 6.25. The Morgan fingerprint density at radius 1 is 1.26 bits per heavy atom. The number of benzene rings is 1. The molecule has 8 nitrogen and oxygen atoms in total. The fourth-order valence-electron chi connectivity index (χ4n) is 1.63. The summed E-state index contributed by atoms with van der Waals surface area (Å²) in [7, 11) is 0. The largest absolute Gasteiger partial charge is 0.490 e. The van der Waals surface area contributed by atoms with Crippen LogP contribution in [0.2, 0.25) is 0 Å². The van der Waals surface area contributed by atoms with Crippen molar-refractivity contribution < 1.29 is 19.0 Å². The monoisotopic (exact) mass is 322 g/mol. The predicted octanol–water partition coefficient (Wildman–Crippen LogP) is 1.02. The van der Waals surface area contributed by atoms with Gasteiger partial charge in [-0.2, -0.15) is 5.10 Å². The average molecular weight is 322 g/mol. The van der Waals surface area contributed by atoms with E-state index in [1.165, 1.54) is 6.21 Å². The molecule has 0 amide bonds. The number of nitrogens with zero attached hydrogens (tertiary/aromatic N) is 2. The van der Waals surface area contributed by atoms with Gasteiger partial charge < -0.3 is 25.7 Å². The summed E-state index contributed by atoms with van der Waals surface area (Å²) in [6.07, 6.45) is 0.733. The predicted molar refractivity (Wildman–Crippen MR) is 87.7 cm³/mol. The van der Waals surface area contributed by atoms with Crippen LogP contribution < -0.4 is 20.9 Å². The number of rotatable bonds is 8. The first-order chi connectivity index (χ1) is 11.0. The van der Waals surface area contributed by atoms with Gasteiger partial charge in [-0.25, -0.2) is 4.79 Å². The Morgan fingerprint density at radius 3 is 2.61 bits per heavy atom. The van der Waals surface area contributed by atoms with E-state index < -0.39 is 12.1 Å². The van der Waals surface area contributed by atoms with Crippen LogP contribution in [0.25, 0.3) is 0 Å². The maximum atomic E-state index is 11.6. The first-order valence-corrected chi connectivity index (χ1v) is 7.20. The highest BCUT2D eigenvalue weighted by atomic mass is 16.6. The first kappa shape index (κ1) is 18.3. The topological polar surface area (TPSA) is 122 Å². The number of carbonyl (C=O) groups excluding carboxylic acids is 1. The van der Waals surface area contributed by atoms with Crippen molar-refractivity contribution in [3.63, 3.8) is 0 Å². The van der Waals surface area contributed by atoms with E-state index in [-0.39, 0.29) is 5.96 Å². The highest BCUT2D eigenvalue weighted by Crippen LogP contribution is 2.29. The van der Waals surface area contributed by atoms with E-state index in [1.807, 2.05) is 6.92 Å². The van der Waals surface area contributed by atoms with Crippen molar-refractivity contribution in [2.24, 2.45) is 21.7 Å². The molecule has 0 aliphatic heterocycles. The van der Waals surface area contributed by atoms with Crippen LogP contribution in [-0.4, -0.2) is 37.5 Å². The van der Waals surface area contributed by atoms with E-state index in [4.69, 9.17) is 25.7 Å². The van der Waals surface area contributed by atoms with Crippen LogP contribution in [0.4, 0.5) is 0 Å². The van der Waals surface area contributed by atoms with Gasteiger partial charge in [0.15, 0.2) is 17.6 Å². The van der Waals surface area contributed by atoms with Gasteiger partial charge in [0, 0.05) is 0 Å². The maximum absolute atomic E-state index is 11.6. The van der Waals surface area contributed by atoms with Crippen molar-refractivity contribution in [1.82, 2.24) is 0 Å². The third-order valence-electron chi connectivity index (χ3n) is 2.57. The molecule has 0 fully saturated rings. The number of hydrogen-bond donors (Lipinski definition) is 2. The third-order valence-corrected chi connectivity index (χ3v) is 2.57. The zero-order valence-electron chi connectivity index (χ0n) is 13.5. The van der Waals surface area contributed by atoms with Gasteiger partial charge >= 0.3 is 5.97 Å². The SMILES string of the molecule is CCOC(=O)C(C)Oc1ccc(C=NN=C(N)N)cc1OCC. The molecule has 1 aromatic rings. The molecule has 0 aliphatic rings. The summed E-state index contributed by atoms with van der Waals surface area (Å²) in [4.78, 5) is 11.6. The first-order valence-electron chi connectivity index (χ1n) is 7.20. The van der Waals surface area contributed by atoms with Crippen LogP contribution in [0.1, 0.15) is 26.3 Å². The Bertz CT molecular complexity index is 583. The Labute approximate surface area is 135 Å². The normalized spacial score (nSPS) is 11.8. The van der Waals surface area contributed by atoms with Crippen LogP contribution in [0, 0.1) is 0 Å². The molecule has 0 radical (unpaired) electrons. The average Bonchev–Trinajstić information content (AvgIpc) is 2.49. The van der Waals surface area contributed by atoms with Crippen molar-refractivity contribution in [2.75, 3.05) is 13.2 Å². The number of nitrogens with two attached hydrogens (primary N) is 2. The molecule has 1 unspecified atom stereocenters. The van der Waals surface area contributed by atoms with E-state index in [0.29, 0.717) is 24.7 Å². The van der Waals surface area contributed by atoms with Gasteiger partial charge in [0.1, 0.15) is 0 Å². The van der Waals surface area contributed by atoms with Crippen molar-refractivity contribution in [3.05, 3.63) is 23.8 Å². The summed E-state index contributed by atoms with van der Waals surface area (Å²) < 4.78 is 16.0. The molecular formula is C15H22N4O4. The summed E-state index contributed by atoms with van der Waals surface area (Å²) in [5, 5.41) is 7.25. The molecule has 0 saturated carbocycles. The van der Waals surface area contributed by atoms with Crippen molar-refractivity contribution >= 4 is 18.1 Å². The van der Waals surface area contributed by atoms with E-state index in [0.717, 1.165) is 5.56 Å². The van der Waals surface area contributed by atoms with Gasteiger partial charge in [0.2, 0.25) is 5.96 Å². The number of hydrogen-bond acceptors (Lipinski definition) is 6. The smallest absolute Gasteiger partial charge is 0.347 e. The maximum Gasteiger partial charge on any atom is 0.347 e. The lowest BCUT2D eigenvalue weighted by molar-refractivity contribution is -0.150. The number of esters is 1. The molecule has 1 aromatic carbocycles. The minimum absolute atomic E-state index is 0.130. The lowest BCUT2D eigenvalue weighted by Crippen LogP contribution is -2.26. The van der Waals surface area contributed by atoms with Gasteiger partial charge in [-0.05, 0) is 44.5 Å². The molecule has 0 saturated heterocycles. The van der Waals surface area contributed by atoms with Gasteiger partial charge in [-0.15, -0.1) is 5.10 Å². The lowest BCUT2D eigenvalue weighted by atomic mass is 10.2. The van der Waals surface area contributed by atoms with Crippen LogP contribution >= 0.6 is 0 Å². The van der Waals surface area contributed by atoms with E-state index in [2.05, 4.69) is 10.2 Å². The molecule has 0 spiro atoms. The highest BCUT2D eigenvalue weighted by Gasteiger charge is 2.18. The second-order valence-corrected chi connectivity index (χ2v) is 4.42. The van der Waals surface area contributed by atoms with Crippen molar-refractivity contribution in [1.29, 1.82) is 0 Å². The molecule has 1 rings (SSSR count). The van der Waals surface area contributed by atoms with E-state index >= 15 is 0 Å². The van der Waals surface area contributed by atoms with E-state index in [1.54, 1.807) is 32.0 Å². The molecule has 0 heterocycles. The van der Waals surface area contributed by atoms with Crippen LogP contribution in [0.3, 0.4) is 0 Å². The molecule has 1 atom stereocenters. The van der Waals surface area contributed by atoms with Gasteiger partial charge in [-0.3, -0.25) is 0 Å². The zero-order valence-corrected chi connectivity index (χ0v) is 13.5. The van der Waals surface area contributed by atoms with Crippen LogP contribution in [0.5, 0.6) is 11.5 Å². The second-order valence-electron chi connectivity index (χ2n) is 4.42. The molecule has 0 aromatic heterocycles. The minimum Gasteiger partial charge on any atom is -0.490 e. The molecular weight excluding hydrogens is 300 g/mol. The second kappa shape index (κ2) is 9.29. The number of guanidine groups is 1. The molecule has 8 heteroatoms. The molecule has 23 heavy (non-hydrogen) atoms. The summed E-state index contributed by atoms with van der Waals surface area (Å²) in [5.41, 5.74) is 11.1. The lowest BCUT2D eigenvalue weighted by Gasteiger charge is -2.16. The van der Waals surface area contributed by atoms with E-state index in [9.17, 15) is 4.79 Å². The molecule has 0 bridgehead atoms. The number of ether oxygens (including phenoxy) is 3.